The summed E-state index contributed by atoms with van der Waals surface area (Å²) in [7, 11) is 1.95. The Morgan fingerprint density at radius 1 is 1.24 bits per heavy atom. The summed E-state index contributed by atoms with van der Waals surface area (Å²) < 4.78 is 1.84. The molecule has 0 radical (unpaired) electrons. The van der Waals surface area contributed by atoms with E-state index in [1.54, 1.807) is 0 Å². The molecular formula is C19H28IN5. The number of rotatable bonds is 7. The monoisotopic (exact) mass is 453 g/mol. The van der Waals surface area contributed by atoms with Crippen LogP contribution < -0.4 is 10.6 Å². The Balaban J connectivity index is 0.00000225. The van der Waals surface area contributed by atoms with Crippen molar-refractivity contribution in [1.82, 2.24) is 20.4 Å². The molecule has 1 aromatic heterocycles. The lowest BCUT2D eigenvalue weighted by molar-refractivity contribution is 0.692. The van der Waals surface area contributed by atoms with Gasteiger partial charge in [0.1, 0.15) is 0 Å². The predicted octanol–water partition coefficient (Wildman–Crippen LogP) is 2.87. The van der Waals surface area contributed by atoms with E-state index in [9.17, 15) is 0 Å². The van der Waals surface area contributed by atoms with Crippen molar-refractivity contribution in [2.45, 2.75) is 31.6 Å². The van der Waals surface area contributed by atoms with Gasteiger partial charge in [0.05, 0.1) is 12.7 Å². The van der Waals surface area contributed by atoms with Gasteiger partial charge in [-0.25, -0.2) is 0 Å². The Kier molecular flexibility index (Phi) is 7.28. The minimum Gasteiger partial charge on any atom is -0.357 e. The van der Waals surface area contributed by atoms with E-state index in [2.05, 4.69) is 59.2 Å². The lowest BCUT2D eigenvalue weighted by atomic mass is 9.96. The van der Waals surface area contributed by atoms with Crippen molar-refractivity contribution in [3.63, 3.8) is 0 Å². The minimum atomic E-state index is 0. The molecule has 1 fully saturated rings. The van der Waals surface area contributed by atoms with Gasteiger partial charge in [-0.15, -0.1) is 24.0 Å². The van der Waals surface area contributed by atoms with Crippen LogP contribution in [0.1, 0.15) is 30.9 Å². The summed E-state index contributed by atoms with van der Waals surface area (Å²) >= 11 is 0. The van der Waals surface area contributed by atoms with E-state index in [4.69, 9.17) is 4.99 Å². The predicted molar refractivity (Wildman–Crippen MR) is 114 cm³/mol. The van der Waals surface area contributed by atoms with Crippen LogP contribution in [0, 0.1) is 0 Å². The number of aryl methyl sites for hydroxylation is 1. The Bertz CT molecular complexity index is 676. The molecule has 0 spiro atoms. The standard InChI is InChI=1S/C19H27N5.HI/c1-3-20-18(21-12-9-16-13-23-24(2)14-16)22-15-19(10-11-19)17-7-5-4-6-8-17;/h4-8,13-14H,3,9-12,15H2,1-2H3,(H2,20,21,22);1H. The fraction of sp³-hybridized carbons (Fsp3) is 0.474. The number of aliphatic imine (C=N–C) groups is 1. The zero-order valence-corrected chi connectivity index (χ0v) is 17.4. The summed E-state index contributed by atoms with van der Waals surface area (Å²) in [6.45, 7) is 4.68. The van der Waals surface area contributed by atoms with Gasteiger partial charge in [0.25, 0.3) is 0 Å². The fourth-order valence-corrected chi connectivity index (χ4v) is 2.98. The van der Waals surface area contributed by atoms with Crippen LogP contribution in [-0.4, -0.2) is 35.4 Å². The van der Waals surface area contributed by atoms with Crippen molar-refractivity contribution in [2.24, 2.45) is 12.0 Å². The first-order chi connectivity index (χ1) is 11.7. The van der Waals surface area contributed by atoms with Crippen LogP contribution in [0.2, 0.25) is 0 Å². The molecule has 2 aromatic rings. The van der Waals surface area contributed by atoms with Gasteiger partial charge in [0.2, 0.25) is 0 Å². The second-order valence-electron chi connectivity index (χ2n) is 6.54. The van der Waals surface area contributed by atoms with E-state index in [1.165, 1.54) is 24.0 Å². The Morgan fingerprint density at radius 3 is 2.60 bits per heavy atom. The molecule has 2 N–H and O–H groups in total. The minimum absolute atomic E-state index is 0. The third-order valence-electron chi connectivity index (χ3n) is 4.59. The molecule has 0 atom stereocenters. The van der Waals surface area contributed by atoms with E-state index in [0.29, 0.717) is 0 Å². The lowest BCUT2D eigenvalue weighted by Crippen LogP contribution is -2.39. The maximum Gasteiger partial charge on any atom is 0.191 e. The first-order valence-corrected chi connectivity index (χ1v) is 8.77. The van der Waals surface area contributed by atoms with Gasteiger partial charge in [-0.1, -0.05) is 30.3 Å². The molecule has 6 heteroatoms. The molecule has 5 nitrogen and oxygen atoms in total. The average Bonchev–Trinajstić information content (AvgIpc) is 3.29. The molecule has 1 aromatic carbocycles. The van der Waals surface area contributed by atoms with E-state index in [-0.39, 0.29) is 29.4 Å². The summed E-state index contributed by atoms with van der Waals surface area (Å²) in [5.41, 5.74) is 2.91. The van der Waals surface area contributed by atoms with Gasteiger partial charge in [-0.05, 0) is 37.3 Å². The molecule has 1 saturated carbocycles. The number of nitrogens with one attached hydrogen (secondary N) is 2. The molecule has 1 aliphatic carbocycles. The van der Waals surface area contributed by atoms with E-state index >= 15 is 0 Å². The largest absolute Gasteiger partial charge is 0.357 e. The number of nitrogens with zero attached hydrogens (tertiary/aromatic N) is 3. The molecule has 0 saturated heterocycles. The highest BCUT2D eigenvalue weighted by Crippen LogP contribution is 2.48. The maximum absolute atomic E-state index is 4.83. The summed E-state index contributed by atoms with van der Waals surface area (Å²) in [5, 5.41) is 11.0. The Hall–Kier alpha value is -1.57. The van der Waals surface area contributed by atoms with Crippen molar-refractivity contribution in [3.8, 4) is 0 Å². The van der Waals surface area contributed by atoms with Gasteiger partial charge < -0.3 is 10.6 Å². The van der Waals surface area contributed by atoms with Crippen LogP contribution in [0.4, 0.5) is 0 Å². The third-order valence-corrected chi connectivity index (χ3v) is 4.59. The molecular weight excluding hydrogens is 425 g/mol. The van der Waals surface area contributed by atoms with E-state index < -0.39 is 0 Å². The molecule has 0 aliphatic heterocycles. The number of aromatic nitrogens is 2. The summed E-state index contributed by atoms with van der Waals surface area (Å²) in [6, 6.07) is 10.8. The SMILES string of the molecule is CCNC(=NCC1(c2ccccc2)CC1)NCCc1cnn(C)c1.I. The van der Waals surface area contributed by atoms with Crippen molar-refractivity contribution in [1.29, 1.82) is 0 Å². The molecule has 136 valence electrons. The van der Waals surface area contributed by atoms with Crippen molar-refractivity contribution >= 4 is 29.9 Å². The quantitative estimate of drug-likeness (QED) is 0.385. The molecule has 0 amide bonds. The van der Waals surface area contributed by atoms with Gasteiger partial charge in [-0.3, -0.25) is 9.67 Å². The van der Waals surface area contributed by atoms with Crippen LogP contribution in [0.5, 0.6) is 0 Å². The second-order valence-corrected chi connectivity index (χ2v) is 6.54. The molecule has 25 heavy (non-hydrogen) atoms. The van der Waals surface area contributed by atoms with Crippen molar-refractivity contribution < 1.29 is 0 Å². The topological polar surface area (TPSA) is 54.2 Å². The first kappa shape index (κ1) is 19.8. The number of halogens is 1. The van der Waals surface area contributed by atoms with Gasteiger partial charge in [0, 0.05) is 31.7 Å². The average molecular weight is 453 g/mol. The highest BCUT2D eigenvalue weighted by atomic mass is 127. The van der Waals surface area contributed by atoms with Crippen LogP contribution >= 0.6 is 24.0 Å². The van der Waals surface area contributed by atoms with E-state index in [0.717, 1.165) is 32.0 Å². The molecule has 0 bridgehead atoms. The first-order valence-electron chi connectivity index (χ1n) is 8.77. The molecule has 1 heterocycles. The van der Waals surface area contributed by atoms with Crippen LogP contribution in [0.15, 0.2) is 47.7 Å². The fourth-order valence-electron chi connectivity index (χ4n) is 2.98. The van der Waals surface area contributed by atoms with Crippen molar-refractivity contribution in [2.75, 3.05) is 19.6 Å². The van der Waals surface area contributed by atoms with Gasteiger partial charge >= 0.3 is 0 Å². The Labute approximate surface area is 167 Å². The van der Waals surface area contributed by atoms with Gasteiger partial charge in [-0.2, -0.15) is 5.10 Å². The normalized spacial score (nSPS) is 15.4. The van der Waals surface area contributed by atoms with Crippen LogP contribution in [0.3, 0.4) is 0 Å². The highest BCUT2D eigenvalue weighted by Gasteiger charge is 2.43. The smallest absolute Gasteiger partial charge is 0.191 e. The zero-order chi connectivity index (χ0) is 16.8. The number of hydrogen-bond donors (Lipinski definition) is 2. The molecule has 0 unspecified atom stereocenters. The summed E-state index contributed by atoms with van der Waals surface area (Å²) in [4.78, 5) is 4.83. The third kappa shape index (κ3) is 5.45. The summed E-state index contributed by atoms with van der Waals surface area (Å²) in [6.07, 6.45) is 7.38. The molecule has 1 aliphatic rings. The van der Waals surface area contributed by atoms with E-state index in [1.807, 2.05) is 17.9 Å². The Morgan fingerprint density at radius 2 is 2.00 bits per heavy atom. The number of guanidine groups is 1. The van der Waals surface area contributed by atoms with Gasteiger partial charge in [0.15, 0.2) is 5.96 Å². The zero-order valence-electron chi connectivity index (χ0n) is 15.0. The molecule has 3 rings (SSSR count). The van der Waals surface area contributed by atoms with Crippen LogP contribution in [0.25, 0.3) is 0 Å². The second kappa shape index (κ2) is 9.22. The highest BCUT2D eigenvalue weighted by molar-refractivity contribution is 14.0. The summed E-state index contributed by atoms with van der Waals surface area (Å²) in [5.74, 6) is 0.906. The lowest BCUT2D eigenvalue weighted by Gasteiger charge is -2.15. The van der Waals surface area contributed by atoms with Crippen molar-refractivity contribution in [3.05, 3.63) is 53.9 Å². The number of benzene rings is 1. The maximum atomic E-state index is 4.83. The number of hydrogen-bond acceptors (Lipinski definition) is 2. The van der Waals surface area contributed by atoms with Crippen LogP contribution in [-0.2, 0) is 18.9 Å².